The largest absolute Gasteiger partial charge is 0.426 e. The van der Waals surface area contributed by atoms with E-state index in [1.54, 1.807) is 0 Å². The first-order valence-corrected chi connectivity index (χ1v) is 11.7. The first-order valence-electron chi connectivity index (χ1n) is 11.0. The van der Waals surface area contributed by atoms with E-state index in [9.17, 15) is 4.79 Å². The SMILES string of the molecule is CC(=O)Oc1c(C(C)(C)C)cc(N(c2ccc(Cl)cc2)c2ccc(Cl)cc2)cc1C(C)(C)C. The molecule has 0 saturated carbocycles. The maximum atomic E-state index is 12.0. The van der Waals surface area contributed by atoms with Crippen molar-refractivity contribution < 1.29 is 9.53 Å². The number of hydrogen-bond donors (Lipinski definition) is 0. The van der Waals surface area contributed by atoms with Crippen LogP contribution in [0.1, 0.15) is 59.6 Å². The maximum absolute atomic E-state index is 12.0. The third-order valence-corrected chi connectivity index (χ3v) is 5.87. The van der Waals surface area contributed by atoms with Crippen LogP contribution in [0.15, 0.2) is 60.7 Å². The molecule has 0 aromatic heterocycles. The van der Waals surface area contributed by atoms with Crippen molar-refractivity contribution in [2.45, 2.75) is 59.3 Å². The number of ether oxygens (including phenoxy) is 1. The molecule has 0 saturated heterocycles. The van der Waals surface area contributed by atoms with Gasteiger partial charge in [-0.1, -0.05) is 64.7 Å². The van der Waals surface area contributed by atoms with Crippen molar-refractivity contribution in [2.75, 3.05) is 4.90 Å². The third-order valence-electron chi connectivity index (χ3n) is 5.36. The lowest BCUT2D eigenvalue weighted by atomic mass is 9.79. The van der Waals surface area contributed by atoms with Gasteiger partial charge in [0, 0.05) is 45.2 Å². The van der Waals surface area contributed by atoms with Gasteiger partial charge in [-0.3, -0.25) is 4.79 Å². The Hall–Kier alpha value is -2.49. The average Bonchev–Trinajstić information content (AvgIpc) is 2.69. The zero-order valence-electron chi connectivity index (χ0n) is 20.3. The molecular formula is C28H31Cl2NO2. The Morgan fingerprint density at radius 2 is 1.06 bits per heavy atom. The molecule has 33 heavy (non-hydrogen) atoms. The topological polar surface area (TPSA) is 29.5 Å². The first kappa shape index (κ1) is 25.1. The lowest BCUT2D eigenvalue weighted by Gasteiger charge is -2.33. The van der Waals surface area contributed by atoms with Gasteiger partial charge in [0.05, 0.1) is 0 Å². The summed E-state index contributed by atoms with van der Waals surface area (Å²) in [5, 5.41) is 1.34. The Morgan fingerprint density at radius 3 is 1.36 bits per heavy atom. The van der Waals surface area contributed by atoms with Crippen LogP contribution >= 0.6 is 23.2 Å². The van der Waals surface area contributed by atoms with E-state index in [1.807, 2.05) is 48.5 Å². The number of carbonyl (C=O) groups is 1. The van der Waals surface area contributed by atoms with Crippen molar-refractivity contribution in [3.05, 3.63) is 81.8 Å². The van der Waals surface area contributed by atoms with Gasteiger partial charge in [0.25, 0.3) is 0 Å². The minimum Gasteiger partial charge on any atom is -0.426 e. The molecule has 0 spiro atoms. The highest BCUT2D eigenvalue weighted by atomic mass is 35.5. The number of carbonyl (C=O) groups excluding carboxylic acids is 1. The number of rotatable bonds is 4. The van der Waals surface area contributed by atoms with Crippen LogP contribution < -0.4 is 9.64 Å². The summed E-state index contributed by atoms with van der Waals surface area (Å²) in [6.07, 6.45) is 0. The lowest BCUT2D eigenvalue weighted by Crippen LogP contribution is -2.22. The van der Waals surface area contributed by atoms with E-state index >= 15 is 0 Å². The summed E-state index contributed by atoms with van der Waals surface area (Å²) in [6.45, 7) is 14.2. The fourth-order valence-corrected chi connectivity index (χ4v) is 3.99. The summed E-state index contributed by atoms with van der Waals surface area (Å²) in [4.78, 5) is 14.2. The van der Waals surface area contributed by atoms with Gasteiger partial charge in [-0.25, -0.2) is 0 Å². The van der Waals surface area contributed by atoms with Crippen LogP contribution in [0.4, 0.5) is 17.1 Å². The summed E-state index contributed by atoms with van der Waals surface area (Å²) in [7, 11) is 0. The molecule has 0 heterocycles. The molecule has 0 aliphatic carbocycles. The van der Waals surface area contributed by atoms with Crippen molar-refractivity contribution in [1.29, 1.82) is 0 Å². The van der Waals surface area contributed by atoms with E-state index in [4.69, 9.17) is 27.9 Å². The molecule has 0 fully saturated rings. The Labute approximate surface area is 207 Å². The number of hydrogen-bond acceptors (Lipinski definition) is 3. The van der Waals surface area contributed by atoms with E-state index in [1.165, 1.54) is 6.92 Å². The molecule has 0 aliphatic rings. The molecule has 3 aromatic rings. The fourth-order valence-electron chi connectivity index (χ4n) is 3.74. The zero-order chi connectivity index (χ0) is 24.6. The van der Waals surface area contributed by atoms with E-state index in [0.29, 0.717) is 15.8 Å². The number of benzene rings is 3. The van der Waals surface area contributed by atoms with Gasteiger partial charge in [0.2, 0.25) is 0 Å². The van der Waals surface area contributed by atoms with Crippen LogP contribution in [0, 0.1) is 0 Å². The highest BCUT2D eigenvalue weighted by Gasteiger charge is 2.30. The average molecular weight is 484 g/mol. The standard InChI is InChI=1S/C28H31Cl2NO2/c1-18(32)33-26-24(27(2,3)4)16-23(17-25(26)28(5,6)7)31(21-12-8-19(29)9-13-21)22-14-10-20(30)11-15-22/h8-17H,1-7H3. The zero-order valence-corrected chi connectivity index (χ0v) is 21.8. The molecule has 0 radical (unpaired) electrons. The molecule has 0 aliphatic heterocycles. The quantitative estimate of drug-likeness (QED) is 0.273. The van der Waals surface area contributed by atoms with Crippen molar-refractivity contribution >= 4 is 46.2 Å². The predicted octanol–water partition coefficient (Wildman–Crippen LogP) is 8.98. The lowest BCUT2D eigenvalue weighted by molar-refractivity contribution is -0.132. The van der Waals surface area contributed by atoms with Crippen LogP contribution in [-0.4, -0.2) is 5.97 Å². The van der Waals surface area contributed by atoms with E-state index < -0.39 is 0 Å². The highest BCUT2D eigenvalue weighted by Crippen LogP contribution is 2.46. The minimum absolute atomic E-state index is 0.257. The second kappa shape index (κ2) is 9.40. The van der Waals surface area contributed by atoms with Crippen molar-refractivity contribution in [3.8, 4) is 5.75 Å². The molecule has 0 bridgehead atoms. The van der Waals surface area contributed by atoms with E-state index in [2.05, 4.69) is 58.6 Å². The first-order chi connectivity index (χ1) is 15.3. The van der Waals surface area contributed by atoms with Crippen LogP contribution in [-0.2, 0) is 15.6 Å². The third kappa shape index (κ3) is 5.90. The Bertz CT molecular complexity index is 1060. The smallest absolute Gasteiger partial charge is 0.308 e. The predicted molar refractivity (Wildman–Crippen MR) is 140 cm³/mol. The molecular weight excluding hydrogens is 453 g/mol. The molecule has 0 unspecified atom stereocenters. The normalized spacial score (nSPS) is 11.9. The number of anilines is 3. The maximum Gasteiger partial charge on any atom is 0.308 e. The summed E-state index contributed by atoms with van der Waals surface area (Å²) in [6, 6.07) is 19.7. The van der Waals surface area contributed by atoms with Crippen molar-refractivity contribution in [3.63, 3.8) is 0 Å². The molecule has 0 atom stereocenters. The summed E-state index contributed by atoms with van der Waals surface area (Å²) >= 11 is 12.4. The number of halogens is 2. The monoisotopic (exact) mass is 483 g/mol. The molecule has 3 aromatic carbocycles. The van der Waals surface area contributed by atoms with E-state index in [-0.39, 0.29) is 16.8 Å². The highest BCUT2D eigenvalue weighted by molar-refractivity contribution is 6.31. The van der Waals surface area contributed by atoms with Crippen LogP contribution in [0.3, 0.4) is 0 Å². The van der Waals surface area contributed by atoms with Gasteiger partial charge in [-0.15, -0.1) is 0 Å². The van der Waals surface area contributed by atoms with Crippen LogP contribution in [0.25, 0.3) is 0 Å². The molecule has 3 rings (SSSR count). The van der Waals surface area contributed by atoms with Gasteiger partial charge in [-0.05, 0) is 71.5 Å². The van der Waals surface area contributed by atoms with E-state index in [0.717, 1.165) is 28.2 Å². The summed E-state index contributed by atoms with van der Waals surface area (Å²) in [5.74, 6) is 0.310. The van der Waals surface area contributed by atoms with Crippen LogP contribution in [0.5, 0.6) is 5.75 Å². The second-order valence-corrected chi connectivity index (χ2v) is 11.1. The number of nitrogens with zero attached hydrogens (tertiary/aromatic N) is 1. The second-order valence-electron chi connectivity index (χ2n) is 10.3. The summed E-state index contributed by atoms with van der Waals surface area (Å²) < 4.78 is 5.81. The van der Waals surface area contributed by atoms with Crippen LogP contribution in [0.2, 0.25) is 10.0 Å². The van der Waals surface area contributed by atoms with Gasteiger partial charge >= 0.3 is 5.97 Å². The Morgan fingerprint density at radius 1 is 0.697 bits per heavy atom. The summed E-state index contributed by atoms with van der Waals surface area (Å²) in [5.41, 5.74) is 4.30. The molecule has 174 valence electrons. The minimum atomic E-state index is -0.328. The van der Waals surface area contributed by atoms with Crippen molar-refractivity contribution in [2.24, 2.45) is 0 Å². The molecule has 5 heteroatoms. The molecule has 3 nitrogen and oxygen atoms in total. The van der Waals surface area contributed by atoms with Crippen molar-refractivity contribution in [1.82, 2.24) is 0 Å². The molecule has 0 amide bonds. The Balaban J connectivity index is 2.37. The van der Waals surface area contributed by atoms with Gasteiger partial charge in [-0.2, -0.15) is 0 Å². The number of esters is 1. The Kier molecular flexibility index (Phi) is 7.16. The van der Waals surface area contributed by atoms with Gasteiger partial charge in [0.1, 0.15) is 5.75 Å². The fraction of sp³-hybridized carbons (Fsp3) is 0.321. The van der Waals surface area contributed by atoms with Gasteiger partial charge in [0.15, 0.2) is 0 Å². The molecule has 0 N–H and O–H groups in total. The van der Waals surface area contributed by atoms with Gasteiger partial charge < -0.3 is 9.64 Å².